The van der Waals surface area contributed by atoms with Crippen LogP contribution in [0.3, 0.4) is 0 Å². The van der Waals surface area contributed by atoms with Gasteiger partial charge in [0.1, 0.15) is 36.3 Å². The number of fused-ring (bicyclic) bond motifs is 5. The number of aliphatic hydroxyl groups is 1. The maximum absolute atomic E-state index is 13.5. The first-order valence-electron chi connectivity index (χ1n) is 14.0. The average molecular weight is 701 g/mol. The Balaban J connectivity index is 1.23. The topological polar surface area (TPSA) is 335 Å². The quantitative estimate of drug-likeness (QED) is 0.116. The maximum atomic E-state index is 13.5. The molecule has 254 valence electrons. The largest absolute Gasteiger partial charge is 0.472 e. The van der Waals surface area contributed by atoms with Gasteiger partial charge >= 0.3 is 15.6 Å². The summed E-state index contributed by atoms with van der Waals surface area (Å²) in [5.74, 6) is -1.02. The smallest absolute Gasteiger partial charge is 0.386 e. The van der Waals surface area contributed by atoms with Crippen LogP contribution >= 0.6 is 15.6 Å². The third-order valence-corrected chi connectivity index (χ3v) is 9.97. The second kappa shape index (κ2) is 11.9. The van der Waals surface area contributed by atoms with Crippen molar-refractivity contribution in [3.8, 4) is 0 Å². The van der Waals surface area contributed by atoms with Crippen LogP contribution in [0.15, 0.2) is 23.8 Å². The first-order chi connectivity index (χ1) is 22.4. The Morgan fingerprint density at radius 1 is 0.894 bits per heavy atom. The van der Waals surface area contributed by atoms with Gasteiger partial charge in [0.2, 0.25) is 5.95 Å². The van der Waals surface area contributed by atoms with E-state index in [1.54, 1.807) is 0 Å². The zero-order valence-corrected chi connectivity index (χ0v) is 25.7. The van der Waals surface area contributed by atoms with Crippen LogP contribution in [0, 0.1) is 5.92 Å². The molecule has 4 aromatic rings. The lowest BCUT2D eigenvalue weighted by atomic mass is 9.94. The number of anilines is 2. The van der Waals surface area contributed by atoms with Crippen molar-refractivity contribution in [1.29, 1.82) is 0 Å². The summed E-state index contributed by atoms with van der Waals surface area (Å²) in [6.07, 6.45) is -6.07. The van der Waals surface area contributed by atoms with E-state index in [0.29, 0.717) is 0 Å². The molecule has 47 heavy (non-hydrogen) atoms. The Bertz CT molecular complexity index is 1970. The van der Waals surface area contributed by atoms with Gasteiger partial charge in [0.05, 0.1) is 32.0 Å². The maximum Gasteiger partial charge on any atom is 0.472 e. The Hall–Kier alpha value is -3.44. The van der Waals surface area contributed by atoms with Crippen LogP contribution in [0.1, 0.15) is 18.9 Å². The average Bonchev–Trinajstić information content (AvgIpc) is 3.76. The van der Waals surface area contributed by atoms with Crippen molar-refractivity contribution in [2.24, 2.45) is 11.7 Å². The number of hydrogen-bond donors (Lipinski definition) is 7. The van der Waals surface area contributed by atoms with Crippen molar-refractivity contribution < 1.29 is 51.6 Å². The number of nitrogens with one attached hydrogen (secondary N) is 1. The molecule has 0 saturated carbocycles. The van der Waals surface area contributed by atoms with Crippen LogP contribution in [0.5, 0.6) is 0 Å². The van der Waals surface area contributed by atoms with Gasteiger partial charge in [0.15, 0.2) is 35.1 Å². The predicted octanol–water partition coefficient (Wildman–Crippen LogP) is -1.74. The predicted molar refractivity (Wildman–Crippen MR) is 155 cm³/mol. The van der Waals surface area contributed by atoms with Crippen molar-refractivity contribution >= 4 is 49.7 Å². The van der Waals surface area contributed by atoms with E-state index in [9.17, 15) is 28.8 Å². The highest BCUT2D eigenvalue weighted by Crippen LogP contribution is 2.55. The highest BCUT2D eigenvalue weighted by Gasteiger charge is 2.54. The minimum atomic E-state index is -5.02. The van der Waals surface area contributed by atoms with E-state index in [2.05, 4.69) is 29.9 Å². The molecule has 3 aliphatic rings. The summed E-state index contributed by atoms with van der Waals surface area (Å²) in [6, 6.07) is 0. The Morgan fingerprint density at radius 3 is 2.26 bits per heavy atom. The summed E-state index contributed by atoms with van der Waals surface area (Å²) in [4.78, 5) is 56.7. The zero-order chi connectivity index (χ0) is 33.2. The van der Waals surface area contributed by atoms with E-state index in [4.69, 9.17) is 44.8 Å². The molecule has 2 bridgehead atoms. The van der Waals surface area contributed by atoms with Crippen LogP contribution in [0.4, 0.5) is 11.8 Å². The van der Waals surface area contributed by atoms with Crippen molar-refractivity contribution in [2.75, 3.05) is 31.2 Å². The van der Waals surface area contributed by atoms with E-state index in [1.807, 2.05) is 0 Å². The molecule has 10 N–H and O–H groups in total. The van der Waals surface area contributed by atoms with E-state index in [-0.39, 0.29) is 47.1 Å². The summed E-state index contributed by atoms with van der Waals surface area (Å²) in [7, 11) is -10.0. The number of H-pyrrole nitrogens is 1. The summed E-state index contributed by atoms with van der Waals surface area (Å²) in [6.45, 7) is -1.34. The molecule has 10 atom stereocenters. The molecule has 10 unspecified atom stereocenters. The lowest BCUT2D eigenvalue weighted by Crippen LogP contribution is -2.36. The Labute approximate surface area is 262 Å². The van der Waals surface area contributed by atoms with Gasteiger partial charge in [-0.15, -0.1) is 0 Å². The van der Waals surface area contributed by atoms with Crippen LogP contribution in [0.2, 0.25) is 0 Å². The van der Waals surface area contributed by atoms with E-state index in [1.165, 1.54) is 21.8 Å². The van der Waals surface area contributed by atoms with Gasteiger partial charge in [-0.3, -0.25) is 37.0 Å². The molecule has 3 aliphatic heterocycles. The molecule has 0 aromatic carbocycles. The fourth-order valence-electron chi connectivity index (χ4n) is 5.94. The molecule has 7 heterocycles. The van der Waals surface area contributed by atoms with Crippen LogP contribution < -0.4 is 22.8 Å². The van der Waals surface area contributed by atoms with E-state index in [0.717, 1.165) is 6.33 Å². The number of nitrogen functional groups attached to an aromatic ring is 2. The number of rotatable bonds is 4. The van der Waals surface area contributed by atoms with Gasteiger partial charge in [0, 0.05) is 5.92 Å². The number of ether oxygens (including phenoxy) is 2. The summed E-state index contributed by atoms with van der Waals surface area (Å²) >= 11 is 0. The number of aromatic amines is 1. The highest BCUT2D eigenvalue weighted by atomic mass is 31.2. The minimum Gasteiger partial charge on any atom is -0.386 e. The number of nitrogens with zero attached hydrogens (tertiary/aromatic N) is 7. The van der Waals surface area contributed by atoms with Crippen molar-refractivity contribution in [3.05, 3.63) is 29.3 Å². The number of phosphoric ester groups is 2. The normalized spacial score (nSPS) is 36.6. The molecule has 0 radical (unpaired) electrons. The third kappa shape index (κ3) is 5.83. The SMILES string of the molecule is NCCC1C2COP(=O)(O)OC3C(COP(=O)(O)OC1C(n1cnc4c(=O)[nH]c(N)nc41)O2)OC(n1cnc2c(N)ncnc21)C3O. The van der Waals surface area contributed by atoms with Gasteiger partial charge in [-0.2, -0.15) is 4.98 Å². The van der Waals surface area contributed by atoms with Crippen LogP contribution in [0.25, 0.3) is 22.3 Å². The first kappa shape index (κ1) is 32.1. The lowest BCUT2D eigenvalue weighted by molar-refractivity contribution is -0.0671. The molecule has 0 spiro atoms. The molecule has 0 aliphatic carbocycles. The van der Waals surface area contributed by atoms with Crippen molar-refractivity contribution in [2.45, 2.75) is 49.4 Å². The van der Waals surface area contributed by atoms with Gasteiger partial charge in [-0.1, -0.05) is 0 Å². The monoisotopic (exact) mass is 701 g/mol. The fraction of sp³-hybridized carbons (Fsp3) is 0.545. The lowest BCUT2D eigenvalue weighted by Gasteiger charge is -2.26. The van der Waals surface area contributed by atoms with Crippen LogP contribution in [-0.4, -0.2) is 104 Å². The molecular formula is C22H29N11O12P2. The number of aromatic nitrogens is 8. The van der Waals surface area contributed by atoms with Crippen molar-refractivity contribution in [3.63, 3.8) is 0 Å². The number of phosphoric acid groups is 2. The van der Waals surface area contributed by atoms with E-state index >= 15 is 0 Å². The Morgan fingerprint density at radius 2 is 1.53 bits per heavy atom. The number of hydrogen-bond acceptors (Lipinski definition) is 18. The summed E-state index contributed by atoms with van der Waals surface area (Å²) < 4.78 is 63.0. The van der Waals surface area contributed by atoms with Crippen LogP contribution in [-0.2, 0) is 36.7 Å². The standard InChI is InChI=1S/C22H29N11O12P2/c23-2-1-8-9-3-40-47(38,39)45-15-10(43-20(13(15)34)32-6-28-11-16(24)26-5-27-17(11)32)4-41-46(36,37)44-14(8)21(42-9)33-7-29-12-18(33)30-22(25)31-19(12)35/h5-10,13-15,20-21,34H,1-4,23H2,(H,36,37)(H,38,39)(H2,24,26,27)(H3,25,30,31,35). The van der Waals surface area contributed by atoms with Gasteiger partial charge < -0.3 is 41.6 Å². The third-order valence-electron chi connectivity index (χ3n) is 8.00. The first-order valence-corrected chi connectivity index (χ1v) is 17.0. The van der Waals surface area contributed by atoms with E-state index < -0.39 is 83.3 Å². The van der Waals surface area contributed by atoms with Gasteiger partial charge in [-0.05, 0) is 13.0 Å². The number of nitrogens with two attached hydrogens (primary N) is 3. The molecule has 3 saturated heterocycles. The second-order valence-corrected chi connectivity index (χ2v) is 13.7. The Kier molecular flexibility index (Phi) is 8.14. The zero-order valence-electron chi connectivity index (χ0n) is 24.0. The molecule has 25 heteroatoms. The minimum absolute atomic E-state index is 0.0369. The highest BCUT2D eigenvalue weighted by molar-refractivity contribution is 7.47. The summed E-state index contributed by atoms with van der Waals surface area (Å²) in [5.41, 5.74) is 17.0. The van der Waals surface area contributed by atoms with Gasteiger partial charge in [-0.25, -0.2) is 29.1 Å². The summed E-state index contributed by atoms with van der Waals surface area (Å²) in [5, 5.41) is 11.2. The van der Waals surface area contributed by atoms with Gasteiger partial charge in [0.25, 0.3) is 5.56 Å². The molecule has 7 rings (SSSR count). The molecule has 4 aromatic heterocycles. The molecule has 23 nitrogen and oxygen atoms in total. The number of aliphatic hydroxyl groups excluding tert-OH is 1. The molecule has 0 amide bonds. The van der Waals surface area contributed by atoms with Crippen molar-refractivity contribution in [1.82, 2.24) is 39.0 Å². The fourth-order valence-corrected chi connectivity index (χ4v) is 7.87. The number of imidazole rings is 2. The second-order valence-electron chi connectivity index (χ2n) is 10.9. The molecule has 3 fully saturated rings. The molecular weight excluding hydrogens is 672 g/mol.